The highest BCUT2D eigenvalue weighted by Crippen LogP contribution is 2.28. The molecule has 6 heteroatoms. The number of ether oxygens (including phenoxy) is 1. The Morgan fingerprint density at radius 1 is 1.14 bits per heavy atom. The molecule has 1 N–H and O–H groups in total. The lowest BCUT2D eigenvalue weighted by atomic mass is 9.96. The van der Waals surface area contributed by atoms with E-state index in [1.54, 1.807) is 7.11 Å². The molecule has 1 heterocycles. The quantitative estimate of drug-likeness (QED) is 0.746. The molecule has 3 rings (SSSR count). The summed E-state index contributed by atoms with van der Waals surface area (Å²) in [7, 11) is 1.63. The fourth-order valence-electron chi connectivity index (χ4n) is 3.32. The highest BCUT2D eigenvalue weighted by Gasteiger charge is 2.30. The van der Waals surface area contributed by atoms with Gasteiger partial charge in [0.1, 0.15) is 5.75 Å². The number of benzene rings is 2. The number of amides is 2. The number of carbonyl (C=O) groups is 2. The van der Waals surface area contributed by atoms with Gasteiger partial charge in [0.2, 0.25) is 11.8 Å². The Morgan fingerprint density at radius 3 is 2.54 bits per heavy atom. The van der Waals surface area contributed by atoms with E-state index in [9.17, 15) is 9.59 Å². The van der Waals surface area contributed by atoms with E-state index in [4.69, 9.17) is 4.74 Å². The predicted molar refractivity (Wildman–Crippen MR) is 113 cm³/mol. The summed E-state index contributed by atoms with van der Waals surface area (Å²) in [6.45, 7) is 3.11. The molecule has 2 aromatic carbocycles. The van der Waals surface area contributed by atoms with Gasteiger partial charge in [0.05, 0.1) is 18.3 Å². The van der Waals surface area contributed by atoms with E-state index in [2.05, 4.69) is 5.32 Å². The Balaban J connectivity index is 1.56. The maximum absolute atomic E-state index is 12.9. The molecule has 1 aliphatic rings. The lowest BCUT2D eigenvalue weighted by Gasteiger charge is -2.33. The summed E-state index contributed by atoms with van der Waals surface area (Å²) in [5, 5.41) is 2.75. The molecule has 2 aromatic rings. The number of methoxy groups -OCH3 is 1. The molecule has 0 spiro atoms. The standard InChI is InChI=1S/C22H26N2O3S/c1-16(28-20-12-10-19(27-2)11-13-20)22(26)24-14-6-7-17(15-24)21(25)23-18-8-4-3-5-9-18/h3-5,8-13,16-17H,6-7,14-15H2,1-2H3,(H,23,25)/t16-,17+/m1/s1. The molecule has 1 aliphatic heterocycles. The molecule has 0 aliphatic carbocycles. The van der Waals surface area contributed by atoms with Gasteiger partial charge < -0.3 is 15.0 Å². The Hall–Kier alpha value is -2.47. The van der Waals surface area contributed by atoms with E-state index in [-0.39, 0.29) is 23.0 Å². The van der Waals surface area contributed by atoms with Crippen molar-refractivity contribution in [2.45, 2.75) is 29.9 Å². The van der Waals surface area contributed by atoms with Crippen molar-refractivity contribution in [3.05, 3.63) is 54.6 Å². The molecular weight excluding hydrogens is 372 g/mol. The van der Waals surface area contributed by atoms with Crippen molar-refractivity contribution in [3.63, 3.8) is 0 Å². The maximum atomic E-state index is 12.9. The minimum absolute atomic E-state index is 0.0147. The number of carbonyl (C=O) groups excluding carboxylic acids is 2. The Kier molecular flexibility index (Phi) is 6.98. The topological polar surface area (TPSA) is 58.6 Å². The Bertz CT molecular complexity index is 795. The molecule has 2 atom stereocenters. The van der Waals surface area contributed by atoms with Crippen LogP contribution in [0.1, 0.15) is 19.8 Å². The van der Waals surface area contributed by atoms with Crippen LogP contribution in [0.2, 0.25) is 0 Å². The van der Waals surface area contributed by atoms with Crippen molar-refractivity contribution in [2.75, 3.05) is 25.5 Å². The second-order valence-corrected chi connectivity index (χ2v) is 8.33. The van der Waals surface area contributed by atoms with Gasteiger partial charge >= 0.3 is 0 Å². The van der Waals surface area contributed by atoms with Crippen molar-refractivity contribution in [3.8, 4) is 5.75 Å². The van der Waals surface area contributed by atoms with Gasteiger partial charge in [-0.05, 0) is 56.2 Å². The fourth-order valence-corrected chi connectivity index (χ4v) is 4.27. The summed E-state index contributed by atoms with van der Waals surface area (Å²) in [6.07, 6.45) is 1.65. The first-order chi connectivity index (χ1) is 13.6. The first kappa shape index (κ1) is 20.3. The number of piperidine rings is 1. The minimum atomic E-state index is -0.204. The molecule has 1 fully saturated rings. The zero-order chi connectivity index (χ0) is 19.9. The van der Waals surface area contributed by atoms with Gasteiger partial charge in [-0.2, -0.15) is 0 Å². The molecule has 0 unspecified atom stereocenters. The van der Waals surface area contributed by atoms with Crippen LogP contribution < -0.4 is 10.1 Å². The largest absolute Gasteiger partial charge is 0.497 e. The molecule has 28 heavy (non-hydrogen) atoms. The van der Waals surface area contributed by atoms with Crippen LogP contribution in [0.4, 0.5) is 5.69 Å². The normalized spacial score (nSPS) is 17.6. The molecule has 0 radical (unpaired) electrons. The first-order valence-corrected chi connectivity index (χ1v) is 10.4. The monoisotopic (exact) mass is 398 g/mol. The third-order valence-electron chi connectivity index (χ3n) is 4.87. The summed E-state index contributed by atoms with van der Waals surface area (Å²) >= 11 is 1.53. The summed E-state index contributed by atoms with van der Waals surface area (Å²) in [6, 6.07) is 17.1. The molecule has 5 nitrogen and oxygen atoms in total. The fraction of sp³-hybridized carbons (Fsp3) is 0.364. The SMILES string of the molecule is COc1ccc(S[C@H](C)C(=O)N2CCC[C@H](C(=O)Nc3ccccc3)C2)cc1. The number of rotatable bonds is 6. The third-order valence-corrected chi connectivity index (χ3v) is 5.96. The van der Waals surface area contributed by atoms with Crippen LogP contribution in [0.25, 0.3) is 0 Å². The number of nitrogens with zero attached hydrogens (tertiary/aromatic N) is 1. The minimum Gasteiger partial charge on any atom is -0.497 e. The van der Waals surface area contributed by atoms with E-state index >= 15 is 0 Å². The van der Waals surface area contributed by atoms with Gasteiger partial charge in [0.15, 0.2) is 0 Å². The van der Waals surface area contributed by atoms with E-state index in [0.29, 0.717) is 13.1 Å². The molecule has 0 saturated carbocycles. The molecule has 1 saturated heterocycles. The summed E-state index contributed by atoms with van der Waals surface area (Å²) in [5.41, 5.74) is 0.791. The molecule has 2 amide bonds. The number of likely N-dealkylation sites (tertiary alicyclic amines) is 1. The third kappa shape index (κ3) is 5.29. The average Bonchev–Trinajstić information content (AvgIpc) is 2.74. The van der Waals surface area contributed by atoms with Crippen LogP contribution in [-0.4, -0.2) is 42.2 Å². The molecule has 0 aromatic heterocycles. The molecule has 0 bridgehead atoms. The number of thioether (sulfide) groups is 1. The summed E-state index contributed by atoms with van der Waals surface area (Å²) in [4.78, 5) is 28.3. The van der Waals surface area contributed by atoms with Crippen LogP contribution in [-0.2, 0) is 9.59 Å². The molecule has 148 valence electrons. The zero-order valence-electron chi connectivity index (χ0n) is 16.3. The van der Waals surface area contributed by atoms with Crippen LogP contribution in [0.5, 0.6) is 5.75 Å². The lowest BCUT2D eigenvalue weighted by molar-refractivity contribution is -0.133. The van der Waals surface area contributed by atoms with Gasteiger partial charge in [0.25, 0.3) is 0 Å². The van der Waals surface area contributed by atoms with Gasteiger partial charge in [-0.3, -0.25) is 9.59 Å². The average molecular weight is 399 g/mol. The van der Waals surface area contributed by atoms with E-state index in [1.165, 1.54) is 11.8 Å². The van der Waals surface area contributed by atoms with Gasteiger partial charge in [-0.25, -0.2) is 0 Å². The first-order valence-electron chi connectivity index (χ1n) is 9.52. The Morgan fingerprint density at radius 2 is 1.86 bits per heavy atom. The van der Waals surface area contributed by atoms with E-state index < -0.39 is 0 Å². The highest BCUT2D eigenvalue weighted by atomic mass is 32.2. The van der Waals surface area contributed by atoms with Gasteiger partial charge in [-0.15, -0.1) is 11.8 Å². The number of hydrogen-bond acceptors (Lipinski definition) is 4. The van der Waals surface area contributed by atoms with E-state index in [0.717, 1.165) is 29.2 Å². The molecular formula is C22H26N2O3S. The van der Waals surface area contributed by atoms with Crippen molar-refractivity contribution < 1.29 is 14.3 Å². The highest BCUT2D eigenvalue weighted by molar-refractivity contribution is 8.00. The lowest BCUT2D eigenvalue weighted by Crippen LogP contribution is -2.46. The number of nitrogens with one attached hydrogen (secondary N) is 1. The maximum Gasteiger partial charge on any atom is 0.235 e. The summed E-state index contributed by atoms with van der Waals surface area (Å²) in [5.74, 6) is 0.694. The van der Waals surface area contributed by atoms with Crippen LogP contribution >= 0.6 is 11.8 Å². The number of hydrogen-bond donors (Lipinski definition) is 1. The van der Waals surface area contributed by atoms with Crippen molar-refractivity contribution >= 4 is 29.3 Å². The second kappa shape index (κ2) is 9.64. The van der Waals surface area contributed by atoms with Crippen LogP contribution in [0, 0.1) is 5.92 Å². The number of para-hydroxylation sites is 1. The second-order valence-electron chi connectivity index (χ2n) is 6.91. The van der Waals surface area contributed by atoms with E-state index in [1.807, 2.05) is 66.4 Å². The number of anilines is 1. The summed E-state index contributed by atoms with van der Waals surface area (Å²) < 4.78 is 5.17. The van der Waals surface area contributed by atoms with Crippen molar-refractivity contribution in [1.82, 2.24) is 4.90 Å². The van der Waals surface area contributed by atoms with Crippen LogP contribution in [0.3, 0.4) is 0 Å². The predicted octanol–water partition coefficient (Wildman–Crippen LogP) is 4.05. The van der Waals surface area contributed by atoms with Crippen molar-refractivity contribution in [2.24, 2.45) is 5.92 Å². The van der Waals surface area contributed by atoms with Gasteiger partial charge in [-0.1, -0.05) is 18.2 Å². The van der Waals surface area contributed by atoms with Gasteiger partial charge in [0, 0.05) is 23.7 Å². The van der Waals surface area contributed by atoms with Crippen LogP contribution in [0.15, 0.2) is 59.5 Å². The smallest absolute Gasteiger partial charge is 0.235 e. The Labute approximate surface area is 170 Å². The van der Waals surface area contributed by atoms with Crippen molar-refractivity contribution in [1.29, 1.82) is 0 Å². The zero-order valence-corrected chi connectivity index (χ0v) is 17.1.